The van der Waals surface area contributed by atoms with Gasteiger partial charge in [0.2, 0.25) is 5.88 Å². The summed E-state index contributed by atoms with van der Waals surface area (Å²) in [5, 5.41) is 5.66. The largest absolute Gasteiger partial charge is 0.437 e. The van der Waals surface area contributed by atoms with E-state index in [9.17, 15) is 4.79 Å². The van der Waals surface area contributed by atoms with Crippen molar-refractivity contribution in [1.29, 1.82) is 0 Å². The fraction of sp³-hybridized carbons (Fsp3) is 0.160. The van der Waals surface area contributed by atoms with Crippen LogP contribution >= 0.6 is 0 Å². The number of para-hydroxylation sites is 1. The van der Waals surface area contributed by atoms with Gasteiger partial charge in [-0.05, 0) is 47.9 Å². The average molecular weight is 428 g/mol. The topological polar surface area (TPSA) is 81.1 Å². The Bertz CT molecular complexity index is 1200. The maximum absolute atomic E-state index is 12.6. The van der Waals surface area contributed by atoms with Gasteiger partial charge in [-0.2, -0.15) is 0 Å². The van der Waals surface area contributed by atoms with E-state index in [1.165, 1.54) is 0 Å². The summed E-state index contributed by atoms with van der Waals surface area (Å²) in [5.41, 5.74) is 3.05. The molecule has 2 N–H and O–H groups in total. The van der Waals surface area contributed by atoms with Gasteiger partial charge in [0.1, 0.15) is 11.4 Å². The minimum atomic E-state index is -0.387. The number of ether oxygens (including phenoxy) is 1. The zero-order valence-corrected chi connectivity index (χ0v) is 18.2. The molecule has 0 saturated heterocycles. The molecule has 4 aromatic rings. The number of rotatable bonds is 5. The van der Waals surface area contributed by atoms with E-state index >= 15 is 0 Å². The van der Waals surface area contributed by atoms with Crippen molar-refractivity contribution in [2.24, 2.45) is 0 Å². The van der Waals surface area contributed by atoms with E-state index in [-0.39, 0.29) is 11.4 Å². The summed E-state index contributed by atoms with van der Waals surface area (Å²) in [7, 11) is 0. The van der Waals surface area contributed by atoms with Crippen molar-refractivity contribution in [3.05, 3.63) is 91.1 Å². The number of benzene rings is 2. The smallest absolute Gasteiger partial charge is 0.323 e. The molecule has 32 heavy (non-hydrogen) atoms. The molecule has 2 heterocycles. The number of imidazole rings is 1. The van der Waals surface area contributed by atoms with Gasteiger partial charge in [0, 0.05) is 35.5 Å². The molecule has 0 radical (unpaired) electrons. The van der Waals surface area contributed by atoms with Crippen molar-refractivity contribution in [3.63, 3.8) is 0 Å². The Kier molecular flexibility index (Phi) is 5.89. The minimum Gasteiger partial charge on any atom is -0.437 e. The first kappa shape index (κ1) is 21.1. The molecular weight excluding hydrogens is 402 g/mol. The number of pyridine rings is 1. The molecule has 0 spiro atoms. The summed E-state index contributed by atoms with van der Waals surface area (Å²) in [4.78, 5) is 21.0. The van der Waals surface area contributed by atoms with Gasteiger partial charge in [0.25, 0.3) is 0 Å². The number of amides is 2. The van der Waals surface area contributed by atoms with Crippen molar-refractivity contribution in [3.8, 4) is 17.3 Å². The molecule has 0 saturated carbocycles. The van der Waals surface area contributed by atoms with Gasteiger partial charge in [-0.15, -0.1) is 0 Å². The van der Waals surface area contributed by atoms with Crippen LogP contribution in [0.15, 0.2) is 85.6 Å². The molecule has 0 aliphatic carbocycles. The second-order valence-corrected chi connectivity index (χ2v) is 8.30. The number of nitrogens with zero attached hydrogens (tertiary/aromatic N) is 3. The highest BCUT2D eigenvalue weighted by molar-refractivity contribution is 6.00. The van der Waals surface area contributed by atoms with E-state index in [1.807, 2.05) is 59.3 Å². The normalized spacial score (nSPS) is 11.1. The maximum atomic E-state index is 12.6. The number of hydrogen-bond donors (Lipinski definition) is 2. The molecule has 0 aliphatic heterocycles. The second-order valence-electron chi connectivity index (χ2n) is 8.30. The maximum Gasteiger partial charge on any atom is 0.323 e. The predicted molar refractivity (Wildman–Crippen MR) is 126 cm³/mol. The van der Waals surface area contributed by atoms with Crippen molar-refractivity contribution < 1.29 is 9.53 Å². The Morgan fingerprint density at radius 3 is 2.44 bits per heavy atom. The lowest BCUT2D eigenvalue weighted by molar-refractivity contribution is 0.262. The van der Waals surface area contributed by atoms with E-state index in [1.54, 1.807) is 30.9 Å². The first-order chi connectivity index (χ1) is 15.4. The summed E-state index contributed by atoms with van der Waals surface area (Å²) < 4.78 is 8.00. The standard InChI is InChI=1S/C25H25N5O2/c1-25(2,3)20-7-4-5-9-22(20)32-23-21(8-6-14-27-23)29-24(31)28-18-10-12-19(13-11-18)30-16-15-26-17-30/h4-17H,1-3H3,(H2,28,29,31). The highest BCUT2D eigenvalue weighted by Gasteiger charge is 2.20. The van der Waals surface area contributed by atoms with E-state index in [4.69, 9.17) is 4.74 Å². The predicted octanol–water partition coefficient (Wildman–Crippen LogP) is 6.00. The first-order valence-corrected chi connectivity index (χ1v) is 10.3. The van der Waals surface area contributed by atoms with Crippen LogP contribution in [-0.2, 0) is 5.41 Å². The van der Waals surface area contributed by atoms with Gasteiger partial charge < -0.3 is 19.9 Å². The number of hydrogen-bond acceptors (Lipinski definition) is 4. The van der Waals surface area contributed by atoms with E-state index in [0.29, 0.717) is 23.0 Å². The lowest BCUT2D eigenvalue weighted by atomic mass is 9.86. The summed E-state index contributed by atoms with van der Waals surface area (Å²) in [5.74, 6) is 1.03. The molecule has 4 rings (SSSR count). The third kappa shape index (κ3) is 4.95. The average Bonchev–Trinajstić information content (AvgIpc) is 3.30. The number of carbonyl (C=O) groups excluding carboxylic acids is 1. The monoisotopic (exact) mass is 427 g/mol. The van der Waals surface area contributed by atoms with Gasteiger partial charge in [0.05, 0.1) is 6.33 Å². The molecule has 0 bridgehead atoms. The van der Waals surface area contributed by atoms with Crippen LogP contribution in [0.5, 0.6) is 11.6 Å². The number of carbonyl (C=O) groups is 1. The van der Waals surface area contributed by atoms with Crippen molar-refractivity contribution in [1.82, 2.24) is 14.5 Å². The van der Waals surface area contributed by atoms with E-state index in [2.05, 4.69) is 41.4 Å². The zero-order valence-electron chi connectivity index (χ0n) is 18.2. The summed E-state index contributed by atoms with van der Waals surface area (Å²) in [6, 6.07) is 18.4. The van der Waals surface area contributed by atoms with Crippen LogP contribution in [0, 0.1) is 0 Å². The van der Waals surface area contributed by atoms with Gasteiger partial charge in [-0.25, -0.2) is 14.8 Å². The Morgan fingerprint density at radius 2 is 1.72 bits per heavy atom. The lowest BCUT2D eigenvalue weighted by Gasteiger charge is -2.22. The van der Waals surface area contributed by atoms with Crippen LogP contribution in [0.1, 0.15) is 26.3 Å². The minimum absolute atomic E-state index is 0.0980. The Hall–Kier alpha value is -4.13. The zero-order chi connectivity index (χ0) is 22.6. The van der Waals surface area contributed by atoms with Crippen molar-refractivity contribution in [2.45, 2.75) is 26.2 Å². The SMILES string of the molecule is CC(C)(C)c1ccccc1Oc1ncccc1NC(=O)Nc1ccc(-n2ccnc2)cc1. The Labute approximate surface area is 187 Å². The van der Waals surface area contributed by atoms with Crippen LogP contribution in [0.25, 0.3) is 5.69 Å². The van der Waals surface area contributed by atoms with Crippen LogP contribution in [-0.4, -0.2) is 20.6 Å². The molecule has 7 heteroatoms. The van der Waals surface area contributed by atoms with Crippen LogP contribution < -0.4 is 15.4 Å². The molecule has 2 amide bonds. The van der Waals surface area contributed by atoms with Crippen LogP contribution in [0.3, 0.4) is 0 Å². The third-order valence-corrected chi connectivity index (χ3v) is 4.85. The molecule has 0 atom stereocenters. The quantitative estimate of drug-likeness (QED) is 0.409. The number of nitrogens with one attached hydrogen (secondary N) is 2. The first-order valence-electron chi connectivity index (χ1n) is 10.3. The summed E-state index contributed by atoms with van der Waals surface area (Å²) in [6.45, 7) is 6.37. The van der Waals surface area contributed by atoms with Crippen molar-refractivity contribution in [2.75, 3.05) is 10.6 Å². The molecule has 7 nitrogen and oxygen atoms in total. The molecule has 0 aliphatic rings. The number of urea groups is 1. The van der Waals surface area contributed by atoms with E-state index in [0.717, 1.165) is 11.3 Å². The summed E-state index contributed by atoms with van der Waals surface area (Å²) >= 11 is 0. The molecule has 0 unspecified atom stereocenters. The highest BCUT2D eigenvalue weighted by atomic mass is 16.5. The lowest BCUT2D eigenvalue weighted by Crippen LogP contribution is -2.20. The van der Waals surface area contributed by atoms with Gasteiger partial charge in [-0.3, -0.25) is 0 Å². The fourth-order valence-corrected chi connectivity index (χ4v) is 3.26. The molecule has 2 aromatic carbocycles. The number of anilines is 2. The molecule has 2 aromatic heterocycles. The Balaban J connectivity index is 1.47. The molecule has 162 valence electrons. The third-order valence-electron chi connectivity index (χ3n) is 4.85. The highest BCUT2D eigenvalue weighted by Crippen LogP contribution is 2.35. The summed E-state index contributed by atoms with van der Waals surface area (Å²) in [6.07, 6.45) is 6.92. The van der Waals surface area contributed by atoms with Crippen LogP contribution in [0.4, 0.5) is 16.2 Å². The molecule has 0 fully saturated rings. The van der Waals surface area contributed by atoms with Crippen molar-refractivity contribution >= 4 is 17.4 Å². The Morgan fingerprint density at radius 1 is 0.938 bits per heavy atom. The van der Waals surface area contributed by atoms with Gasteiger partial charge in [-0.1, -0.05) is 39.0 Å². The molecular formula is C25H25N5O2. The van der Waals surface area contributed by atoms with Gasteiger partial charge >= 0.3 is 6.03 Å². The fourth-order valence-electron chi connectivity index (χ4n) is 3.26. The van der Waals surface area contributed by atoms with Crippen LogP contribution in [0.2, 0.25) is 0 Å². The second kappa shape index (κ2) is 8.93. The number of aromatic nitrogens is 3. The van der Waals surface area contributed by atoms with Gasteiger partial charge in [0.15, 0.2) is 0 Å². The van der Waals surface area contributed by atoms with E-state index < -0.39 is 0 Å².